The van der Waals surface area contributed by atoms with E-state index in [9.17, 15) is 0 Å². The van der Waals surface area contributed by atoms with Crippen molar-refractivity contribution in [2.45, 2.75) is 26.1 Å². The molecule has 0 amide bonds. The lowest BCUT2D eigenvalue weighted by Gasteiger charge is -2.21. The Hall–Kier alpha value is -1.33. The van der Waals surface area contributed by atoms with Crippen LogP contribution in [0.25, 0.3) is 0 Å². The van der Waals surface area contributed by atoms with Crippen molar-refractivity contribution in [3.8, 4) is 11.5 Å². The zero-order valence-electron chi connectivity index (χ0n) is 13.1. The molecule has 20 heavy (non-hydrogen) atoms. The van der Waals surface area contributed by atoms with Crippen LogP contribution in [0.5, 0.6) is 11.5 Å². The normalized spacial score (nSPS) is 11.9. The van der Waals surface area contributed by atoms with Crippen LogP contribution in [-0.2, 0) is 0 Å². The van der Waals surface area contributed by atoms with Gasteiger partial charge in [0.05, 0.1) is 22.3 Å². The Bertz CT molecular complexity index is 467. The van der Waals surface area contributed by atoms with Crippen molar-refractivity contribution in [3.05, 3.63) is 17.7 Å². The van der Waals surface area contributed by atoms with E-state index in [4.69, 9.17) is 14.6 Å². The number of aliphatic imine (C=N–C) groups is 1. The number of rotatable bonds is 7. The number of hydrogen-bond acceptors (Lipinski definition) is 4. The highest BCUT2D eigenvalue weighted by Crippen LogP contribution is 2.27. The van der Waals surface area contributed by atoms with Gasteiger partial charge in [-0.15, -0.1) is 0 Å². The van der Waals surface area contributed by atoms with E-state index < -0.39 is 8.07 Å². The summed E-state index contributed by atoms with van der Waals surface area (Å²) in [6.45, 7) is 7.68. The van der Waals surface area contributed by atoms with Gasteiger partial charge in [0.2, 0.25) is 0 Å². The lowest BCUT2D eigenvalue weighted by Crippen LogP contribution is -2.40. The fourth-order valence-corrected chi connectivity index (χ4v) is 3.54. The smallest absolute Gasteiger partial charge is 0.161 e. The van der Waals surface area contributed by atoms with E-state index in [1.165, 1.54) is 5.19 Å². The minimum atomic E-state index is -1.51. The zero-order valence-corrected chi connectivity index (χ0v) is 14.1. The molecule has 112 valence electrons. The predicted molar refractivity (Wildman–Crippen MR) is 86.7 cm³/mol. The maximum absolute atomic E-state index is 8.79. The first-order valence-electron chi connectivity index (χ1n) is 6.81. The molecule has 1 aromatic carbocycles. The second-order valence-electron chi connectivity index (χ2n) is 5.66. The van der Waals surface area contributed by atoms with Crippen LogP contribution in [0, 0.1) is 0 Å². The van der Waals surface area contributed by atoms with Gasteiger partial charge < -0.3 is 14.6 Å². The van der Waals surface area contributed by atoms with Gasteiger partial charge in [0.1, 0.15) is 0 Å². The number of methoxy groups -OCH3 is 2. The molecule has 0 saturated carbocycles. The summed E-state index contributed by atoms with van der Waals surface area (Å²) in [6, 6.07) is 4.05. The third-order valence-electron chi connectivity index (χ3n) is 3.04. The predicted octanol–water partition coefficient (Wildman–Crippen LogP) is 2.05. The van der Waals surface area contributed by atoms with Gasteiger partial charge in [0, 0.05) is 19.4 Å². The second-order valence-corrected chi connectivity index (χ2v) is 10.7. The van der Waals surface area contributed by atoms with E-state index in [-0.39, 0.29) is 6.61 Å². The van der Waals surface area contributed by atoms with Gasteiger partial charge in [-0.3, -0.25) is 4.99 Å². The molecule has 0 spiro atoms. The van der Waals surface area contributed by atoms with Crippen LogP contribution < -0.4 is 14.7 Å². The van der Waals surface area contributed by atoms with Crippen molar-refractivity contribution >= 4 is 19.5 Å². The maximum atomic E-state index is 8.79. The summed E-state index contributed by atoms with van der Waals surface area (Å²) in [5.41, 5.74) is 1.08. The third kappa shape index (κ3) is 4.35. The van der Waals surface area contributed by atoms with E-state index >= 15 is 0 Å². The molecule has 0 atom stereocenters. The number of benzene rings is 1. The minimum absolute atomic E-state index is 0.171. The molecule has 1 rings (SSSR count). The molecule has 0 heterocycles. The van der Waals surface area contributed by atoms with E-state index in [0.717, 1.165) is 17.1 Å². The Morgan fingerprint density at radius 3 is 2.25 bits per heavy atom. The highest BCUT2D eigenvalue weighted by molar-refractivity contribution is 6.89. The van der Waals surface area contributed by atoms with Gasteiger partial charge in [-0.05, 0) is 29.3 Å². The van der Waals surface area contributed by atoms with Crippen LogP contribution in [0.3, 0.4) is 0 Å². The van der Waals surface area contributed by atoms with Crippen LogP contribution in [0.2, 0.25) is 19.6 Å². The summed E-state index contributed by atoms with van der Waals surface area (Å²) >= 11 is 0. The molecule has 0 aliphatic carbocycles. The third-order valence-corrected chi connectivity index (χ3v) is 5.09. The van der Waals surface area contributed by atoms with Crippen molar-refractivity contribution in [2.24, 2.45) is 4.99 Å². The van der Waals surface area contributed by atoms with E-state index in [1.54, 1.807) is 14.2 Å². The number of hydrogen-bond donors (Lipinski definition) is 1. The van der Waals surface area contributed by atoms with Gasteiger partial charge in [-0.2, -0.15) is 0 Å². The average Bonchev–Trinajstić information content (AvgIpc) is 2.41. The molecule has 5 heteroatoms. The van der Waals surface area contributed by atoms with E-state index in [2.05, 4.69) is 30.7 Å². The Balaban J connectivity index is 3.21. The molecule has 0 bridgehead atoms. The molecule has 4 nitrogen and oxygen atoms in total. The molecular weight excluding hydrogens is 270 g/mol. The van der Waals surface area contributed by atoms with Crippen LogP contribution in [0.4, 0.5) is 0 Å². The Kier molecular flexibility index (Phi) is 6.23. The quantitative estimate of drug-likeness (QED) is 0.476. The van der Waals surface area contributed by atoms with Crippen LogP contribution in [-0.4, -0.2) is 46.8 Å². The summed E-state index contributed by atoms with van der Waals surface area (Å²) in [4.78, 5) is 4.38. The van der Waals surface area contributed by atoms with Crippen LogP contribution in [0.15, 0.2) is 17.1 Å². The van der Waals surface area contributed by atoms with Crippen molar-refractivity contribution in [3.63, 3.8) is 0 Å². The van der Waals surface area contributed by atoms with Gasteiger partial charge in [-0.25, -0.2) is 0 Å². The topological polar surface area (TPSA) is 51.0 Å². The Morgan fingerprint density at radius 1 is 1.15 bits per heavy atom. The van der Waals surface area contributed by atoms with Gasteiger partial charge in [0.15, 0.2) is 11.5 Å². The summed E-state index contributed by atoms with van der Waals surface area (Å²) in [6.07, 6.45) is 2.57. The molecule has 0 aliphatic rings. The SMILES string of the molecule is COc1cc(C=NCCCO)c([Si](C)(C)C)cc1OC. The monoisotopic (exact) mass is 295 g/mol. The fraction of sp³-hybridized carbons (Fsp3) is 0.533. The molecule has 1 N–H and O–H groups in total. The lowest BCUT2D eigenvalue weighted by atomic mass is 10.2. The number of ether oxygens (including phenoxy) is 2. The van der Waals surface area contributed by atoms with E-state index in [0.29, 0.717) is 13.0 Å². The fourth-order valence-electron chi connectivity index (χ4n) is 1.98. The first-order chi connectivity index (χ1) is 9.43. The second kappa shape index (κ2) is 7.45. The molecule has 0 aromatic heterocycles. The standard InChI is InChI=1S/C15H25NO3Si/c1-18-13-9-12(11-16-7-6-8-17)15(20(3,4)5)10-14(13)19-2/h9-11,17H,6-8H2,1-5H3. The summed E-state index contributed by atoms with van der Waals surface area (Å²) in [5.74, 6) is 1.48. The molecule has 1 aromatic rings. The molecule has 0 saturated heterocycles. The molecular formula is C15H25NO3Si. The van der Waals surface area contributed by atoms with Crippen LogP contribution >= 0.6 is 0 Å². The molecule has 0 aliphatic heterocycles. The number of aliphatic hydroxyl groups is 1. The van der Waals surface area contributed by atoms with Gasteiger partial charge >= 0.3 is 0 Å². The van der Waals surface area contributed by atoms with Crippen molar-refractivity contribution in [2.75, 3.05) is 27.4 Å². The minimum Gasteiger partial charge on any atom is -0.493 e. The van der Waals surface area contributed by atoms with Crippen molar-refractivity contribution < 1.29 is 14.6 Å². The van der Waals surface area contributed by atoms with Crippen molar-refractivity contribution in [1.29, 1.82) is 0 Å². The Labute approximate surface area is 122 Å². The highest BCUT2D eigenvalue weighted by Gasteiger charge is 2.22. The Morgan fingerprint density at radius 2 is 1.75 bits per heavy atom. The van der Waals surface area contributed by atoms with Crippen LogP contribution in [0.1, 0.15) is 12.0 Å². The molecule has 0 fully saturated rings. The first-order valence-corrected chi connectivity index (χ1v) is 10.3. The summed E-state index contributed by atoms with van der Waals surface area (Å²) in [7, 11) is 1.79. The van der Waals surface area contributed by atoms with Crippen molar-refractivity contribution in [1.82, 2.24) is 0 Å². The summed E-state index contributed by atoms with van der Waals surface area (Å²) in [5, 5.41) is 10.1. The largest absolute Gasteiger partial charge is 0.493 e. The zero-order chi connectivity index (χ0) is 15.2. The first kappa shape index (κ1) is 16.7. The van der Waals surface area contributed by atoms with E-state index in [1.807, 2.05) is 12.3 Å². The van der Waals surface area contributed by atoms with Gasteiger partial charge in [-0.1, -0.05) is 19.6 Å². The average molecular weight is 295 g/mol. The van der Waals surface area contributed by atoms with Gasteiger partial charge in [0.25, 0.3) is 0 Å². The number of nitrogens with zero attached hydrogens (tertiary/aromatic N) is 1. The number of aliphatic hydroxyl groups excluding tert-OH is 1. The maximum Gasteiger partial charge on any atom is 0.161 e. The molecule has 0 unspecified atom stereocenters. The lowest BCUT2D eigenvalue weighted by molar-refractivity contribution is 0.291. The highest BCUT2D eigenvalue weighted by atomic mass is 28.3. The molecule has 0 radical (unpaired) electrons. The summed E-state index contributed by atoms with van der Waals surface area (Å²) < 4.78 is 10.8.